The van der Waals surface area contributed by atoms with Crippen LogP contribution < -0.4 is 9.21 Å². The van der Waals surface area contributed by atoms with Crippen LogP contribution in [-0.4, -0.2) is 13.2 Å². The predicted octanol–water partition coefficient (Wildman–Crippen LogP) is 3.26. The Labute approximate surface area is 122 Å². The van der Waals surface area contributed by atoms with Gasteiger partial charge in [-0.15, -0.1) is 0 Å². The molecule has 1 aromatic carbocycles. The van der Waals surface area contributed by atoms with E-state index in [1.807, 2.05) is 23.2 Å². The molecule has 0 aliphatic rings. The molecule has 0 fully saturated rings. The summed E-state index contributed by atoms with van der Waals surface area (Å²) in [5, 5.41) is 0.196. The van der Waals surface area contributed by atoms with Crippen molar-refractivity contribution < 1.29 is 9.21 Å². The van der Waals surface area contributed by atoms with Crippen molar-refractivity contribution in [2.75, 3.05) is 0 Å². The van der Waals surface area contributed by atoms with E-state index >= 15 is 0 Å². The third-order valence-corrected chi connectivity index (χ3v) is 8.30. The fourth-order valence-corrected chi connectivity index (χ4v) is 2.62. The van der Waals surface area contributed by atoms with Crippen LogP contribution in [0.1, 0.15) is 26.3 Å². The van der Waals surface area contributed by atoms with Crippen LogP contribution in [0.2, 0.25) is 18.1 Å². The van der Waals surface area contributed by atoms with Gasteiger partial charge in [0.2, 0.25) is 6.54 Å². The second kappa shape index (κ2) is 5.44. The van der Waals surface area contributed by atoms with Crippen LogP contribution in [0, 0.1) is 0 Å². The van der Waals surface area contributed by atoms with E-state index in [0.29, 0.717) is 0 Å². The van der Waals surface area contributed by atoms with Gasteiger partial charge in [-0.1, -0.05) is 55.8 Å². The first-order valence-electron chi connectivity index (χ1n) is 7.10. The molecule has 1 aromatic heterocycles. The largest absolute Gasteiger partial charge is 0.429 e. The van der Waals surface area contributed by atoms with Crippen LogP contribution >= 0.6 is 0 Å². The molecule has 0 aliphatic heterocycles. The Hall–Kier alpha value is -1.55. The van der Waals surface area contributed by atoms with Crippen molar-refractivity contribution in [1.29, 1.82) is 0 Å². The molecule has 0 bridgehead atoms. The molecule has 0 N–H and O–H groups in total. The zero-order valence-corrected chi connectivity index (χ0v) is 14.1. The fourth-order valence-electron chi connectivity index (χ4n) is 1.71. The van der Waals surface area contributed by atoms with E-state index in [2.05, 4.69) is 69.0 Å². The van der Waals surface area contributed by atoms with Crippen LogP contribution in [0.4, 0.5) is 0 Å². The minimum atomic E-state index is -1.82. The predicted molar refractivity (Wildman–Crippen MR) is 83.9 cm³/mol. The summed E-state index contributed by atoms with van der Waals surface area (Å²) >= 11 is 0. The average Bonchev–Trinajstić information content (AvgIpc) is 2.76. The summed E-state index contributed by atoms with van der Waals surface area (Å²) in [6.45, 7) is 12.1. The van der Waals surface area contributed by atoms with Gasteiger partial charge in [-0.25, -0.2) is 0 Å². The van der Waals surface area contributed by atoms with Gasteiger partial charge in [-0.2, -0.15) is 0 Å². The molecule has 20 heavy (non-hydrogen) atoms. The van der Waals surface area contributed by atoms with Crippen LogP contribution in [0.3, 0.4) is 0 Å². The van der Waals surface area contributed by atoms with E-state index in [-0.39, 0.29) is 5.04 Å². The van der Waals surface area contributed by atoms with Gasteiger partial charge in [-0.3, -0.25) is 0 Å². The lowest BCUT2D eigenvalue weighted by Crippen LogP contribution is -2.56. The minimum Gasteiger partial charge on any atom is -0.429 e. The first kappa shape index (κ1) is 14.8. The van der Waals surface area contributed by atoms with Gasteiger partial charge < -0.3 is 4.53 Å². The minimum absolute atomic E-state index is 0.196. The molecule has 0 radical (unpaired) electrons. The van der Waals surface area contributed by atoms with E-state index in [1.165, 1.54) is 5.56 Å². The summed E-state index contributed by atoms with van der Waals surface area (Å²) in [6, 6.07) is 12.5. The smallest absolute Gasteiger partial charge is 0.291 e. The fraction of sp³-hybridized carbons (Fsp3) is 0.438. The second-order valence-corrected chi connectivity index (χ2v) is 11.4. The first-order valence-corrected chi connectivity index (χ1v) is 10.0. The highest BCUT2D eigenvalue weighted by Crippen LogP contribution is 2.34. The van der Waals surface area contributed by atoms with E-state index in [0.717, 1.165) is 6.54 Å². The molecular weight excluding hydrogens is 264 g/mol. The Bertz CT molecular complexity index is 555. The molecule has 1 heterocycles. The Kier molecular flexibility index (Phi) is 4.04. The van der Waals surface area contributed by atoms with Gasteiger partial charge in [0.15, 0.2) is 6.20 Å². The van der Waals surface area contributed by atoms with Crippen LogP contribution in [0.15, 0.2) is 48.8 Å². The maximum Gasteiger partial charge on any atom is 0.291 e. The maximum absolute atomic E-state index is 6.33. The van der Waals surface area contributed by atoms with Gasteiger partial charge in [0.1, 0.15) is 6.20 Å². The van der Waals surface area contributed by atoms with Gasteiger partial charge in [0.25, 0.3) is 8.32 Å². The summed E-state index contributed by atoms with van der Waals surface area (Å²) in [7, 11) is -1.82. The Morgan fingerprint density at radius 1 is 1.10 bits per heavy atom. The van der Waals surface area contributed by atoms with Crippen molar-refractivity contribution in [2.45, 2.75) is 45.4 Å². The molecule has 2 rings (SSSR count). The van der Waals surface area contributed by atoms with Gasteiger partial charge >= 0.3 is 0 Å². The topological polar surface area (TPSA) is 18.0 Å². The molecule has 0 amide bonds. The van der Waals surface area contributed by atoms with Crippen molar-refractivity contribution in [1.82, 2.24) is 4.85 Å². The lowest BCUT2D eigenvalue weighted by Gasteiger charge is -2.34. The molecule has 3 nitrogen and oxygen atoms in total. The van der Waals surface area contributed by atoms with Gasteiger partial charge in [-0.05, 0) is 18.1 Å². The number of hydrogen-bond acceptors (Lipinski definition) is 1. The molecule has 0 saturated carbocycles. The molecule has 0 saturated heterocycles. The highest BCUT2D eigenvalue weighted by molar-refractivity contribution is 6.74. The zero-order chi connectivity index (χ0) is 14.8. The molecule has 0 aliphatic carbocycles. The summed E-state index contributed by atoms with van der Waals surface area (Å²) in [5.74, 6) is 0. The zero-order valence-electron chi connectivity index (χ0n) is 13.1. The third kappa shape index (κ3) is 3.31. The standard InChI is InChI=1S/C16H25N2OSi/c1-16(2,3)20(4,5)19-18-13-9-12-17(18)14-15-10-7-6-8-11-15/h6-13H,14H2,1-5H3/q+1. The van der Waals surface area contributed by atoms with Gasteiger partial charge in [0.05, 0.1) is 0 Å². The monoisotopic (exact) mass is 289 g/mol. The summed E-state index contributed by atoms with van der Waals surface area (Å²) in [5.41, 5.74) is 1.27. The van der Waals surface area contributed by atoms with Crippen LogP contribution in [0.5, 0.6) is 0 Å². The van der Waals surface area contributed by atoms with Crippen molar-refractivity contribution in [3.05, 3.63) is 54.4 Å². The van der Waals surface area contributed by atoms with E-state index in [4.69, 9.17) is 4.53 Å². The van der Waals surface area contributed by atoms with Crippen molar-refractivity contribution in [3.8, 4) is 0 Å². The van der Waals surface area contributed by atoms with Crippen molar-refractivity contribution >= 4 is 8.32 Å². The second-order valence-electron chi connectivity index (χ2n) is 6.73. The number of benzene rings is 1. The molecule has 2 aromatic rings. The normalized spacial score (nSPS) is 12.4. The summed E-state index contributed by atoms with van der Waals surface area (Å²) in [4.78, 5) is 1.89. The molecular formula is C16H25N2OSi+. The maximum atomic E-state index is 6.33. The highest BCUT2D eigenvalue weighted by atomic mass is 28.4. The van der Waals surface area contributed by atoms with E-state index in [9.17, 15) is 0 Å². The number of hydrogen-bond donors (Lipinski definition) is 0. The quantitative estimate of drug-likeness (QED) is 0.624. The summed E-state index contributed by atoms with van der Waals surface area (Å²) in [6.07, 6.45) is 4.05. The Morgan fingerprint density at radius 2 is 1.75 bits per heavy atom. The van der Waals surface area contributed by atoms with E-state index in [1.54, 1.807) is 0 Å². The third-order valence-electron chi connectivity index (χ3n) is 4.04. The first-order chi connectivity index (χ1) is 9.29. The highest BCUT2D eigenvalue weighted by Gasteiger charge is 2.41. The van der Waals surface area contributed by atoms with E-state index < -0.39 is 8.32 Å². The molecule has 0 atom stereocenters. The lowest BCUT2D eigenvalue weighted by atomic mass is 10.2. The molecule has 0 spiro atoms. The molecule has 0 unspecified atom stereocenters. The molecule has 4 heteroatoms. The lowest BCUT2D eigenvalue weighted by molar-refractivity contribution is -0.788. The SMILES string of the molecule is CC(C)(C)[Si](C)(C)On1ccc[n+]1Cc1ccccc1. The Morgan fingerprint density at radius 3 is 2.35 bits per heavy atom. The van der Waals surface area contributed by atoms with Crippen LogP contribution in [-0.2, 0) is 6.54 Å². The average molecular weight is 289 g/mol. The van der Waals surface area contributed by atoms with Crippen molar-refractivity contribution in [2.24, 2.45) is 0 Å². The van der Waals surface area contributed by atoms with Crippen molar-refractivity contribution in [3.63, 3.8) is 0 Å². The number of nitrogens with zero attached hydrogens (tertiary/aromatic N) is 2. The van der Waals surface area contributed by atoms with Gasteiger partial charge in [0, 0.05) is 16.5 Å². The summed E-state index contributed by atoms with van der Waals surface area (Å²) < 4.78 is 8.44. The van der Waals surface area contributed by atoms with Crippen LogP contribution in [0.25, 0.3) is 0 Å². The number of aromatic nitrogens is 2. The molecule has 108 valence electrons. The number of rotatable bonds is 4. The Balaban J connectivity index is 2.18.